The summed E-state index contributed by atoms with van der Waals surface area (Å²) in [4.78, 5) is 26.7. The Balaban J connectivity index is 2.64. The van der Waals surface area contributed by atoms with Crippen molar-refractivity contribution >= 4 is 5.69 Å². The fraction of sp³-hybridized carbons (Fsp3) is 0. The first kappa shape index (κ1) is 9.26. The summed E-state index contributed by atoms with van der Waals surface area (Å²) < 4.78 is 0. The molecule has 0 saturated heterocycles. The van der Waals surface area contributed by atoms with Gasteiger partial charge in [0.2, 0.25) is 0 Å². The smallest absolute Gasteiger partial charge is 0.326 e. The number of hydrogen-bond donors (Lipinski definition) is 3. The van der Waals surface area contributed by atoms with Gasteiger partial charge >= 0.3 is 5.69 Å². The topological polar surface area (TPSA) is 91.7 Å². The maximum Gasteiger partial charge on any atom is 0.326 e. The Labute approximate surface area is 84.6 Å². The number of nitrogens with one attached hydrogen (secondary N) is 2. The fourth-order valence-corrected chi connectivity index (χ4v) is 1.33. The van der Waals surface area contributed by atoms with Crippen molar-refractivity contribution in [1.29, 1.82) is 0 Å². The van der Waals surface area contributed by atoms with Gasteiger partial charge in [-0.2, -0.15) is 0 Å². The lowest BCUT2D eigenvalue weighted by atomic mass is 10.1. The van der Waals surface area contributed by atoms with Gasteiger partial charge in [-0.05, 0) is 12.1 Å². The Kier molecular flexibility index (Phi) is 2.13. The van der Waals surface area contributed by atoms with Gasteiger partial charge in [0.05, 0.1) is 5.69 Å². The van der Waals surface area contributed by atoms with E-state index in [1.54, 1.807) is 24.3 Å². The lowest BCUT2D eigenvalue weighted by molar-refractivity contribution is 1.04. The minimum atomic E-state index is -0.528. The molecule has 1 heterocycles. The average molecular weight is 203 g/mol. The number of aromatic nitrogens is 2. The Morgan fingerprint density at radius 1 is 1.07 bits per heavy atom. The van der Waals surface area contributed by atoms with Crippen LogP contribution >= 0.6 is 0 Å². The van der Waals surface area contributed by atoms with Gasteiger partial charge in [0.1, 0.15) is 0 Å². The van der Waals surface area contributed by atoms with E-state index >= 15 is 0 Å². The summed E-state index contributed by atoms with van der Waals surface area (Å²) in [7, 11) is 0. The van der Waals surface area contributed by atoms with E-state index in [4.69, 9.17) is 5.73 Å². The summed E-state index contributed by atoms with van der Waals surface area (Å²) in [5.41, 5.74) is 6.37. The Hall–Kier alpha value is -2.30. The molecule has 0 amide bonds. The van der Waals surface area contributed by atoms with Crippen LogP contribution in [-0.4, -0.2) is 9.97 Å². The van der Waals surface area contributed by atoms with Gasteiger partial charge in [-0.25, -0.2) is 4.79 Å². The summed E-state index contributed by atoms with van der Waals surface area (Å²) in [5.74, 6) is 0. The molecule has 2 aromatic rings. The van der Waals surface area contributed by atoms with Crippen LogP contribution < -0.4 is 17.0 Å². The van der Waals surface area contributed by atoms with Crippen LogP contribution in [0.25, 0.3) is 11.3 Å². The largest absolute Gasteiger partial charge is 0.399 e. The molecule has 0 spiro atoms. The molecule has 0 bridgehead atoms. The molecule has 0 atom stereocenters. The number of nitrogen functional groups attached to an aromatic ring is 1. The Morgan fingerprint density at radius 3 is 2.53 bits per heavy atom. The molecule has 0 aliphatic rings. The summed E-state index contributed by atoms with van der Waals surface area (Å²) in [5, 5.41) is 0. The highest BCUT2D eigenvalue weighted by Gasteiger charge is 2.00. The van der Waals surface area contributed by atoms with E-state index in [1.165, 1.54) is 6.07 Å². The molecule has 0 aliphatic heterocycles. The van der Waals surface area contributed by atoms with Gasteiger partial charge in [-0.3, -0.25) is 9.78 Å². The summed E-state index contributed by atoms with van der Waals surface area (Å²) in [6.45, 7) is 0. The lowest BCUT2D eigenvalue weighted by Crippen LogP contribution is -2.21. The molecule has 1 aromatic carbocycles. The molecule has 0 fully saturated rings. The zero-order valence-electron chi connectivity index (χ0n) is 7.78. The molecule has 2 rings (SSSR count). The Bertz CT molecular complexity index is 570. The van der Waals surface area contributed by atoms with E-state index in [-0.39, 0.29) is 0 Å². The molecular weight excluding hydrogens is 194 g/mol. The molecular formula is C10H9N3O2. The SMILES string of the molecule is Nc1cccc(-c2cc(=O)[nH]c(=O)[nH]2)c1. The van der Waals surface area contributed by atoms with Crippen molar-refractivity contribution in [1.82, 2.24) is 9.97 Å². The molecule has 1 aromatic heterocycles. The number of H-pyrrole nitrogens is 2. The monoisotopic (exact) mass is 203 g/mol. The highest BCUT2D eigenvalue weighted by Crippen LogP contribution is 2.16. The molecule has 0 unspecified atom stereocenters. The first-order valence-corrected chi connectivity index (χ1v) is 4.35. The third-order valence-corrected chi connectivity index (χ3v) is 1.96. The van der Waals surface area contributed by atoms with Crippen LogP contribution in [-0.2, 0) is 0 Å². The molecule has 4 N–H and O–H groups in total. The molecule has 0 saturated carbocycles. The van der Waals surface area contributed by atoms with Crippen LogP contribution in [0.15, 0.2) is 39.9 Å². The summed E-state index contributed by atoms with van der Waals surface area (Å²) in [6, 6.07) is 8.25. The Morgan fingerprint density at radius 2 is 1.87 bits per heavy atom. The zero-order chi connectivity index (χ0) is 10.8. The van der Waals surface area contributed by atoms with Crippen molar-refractivity contribution in [2.75, 3.05) is 5.73 Å². The van der Waals surface area contributed by atoms with Gasteiger partial charge in [-0.1, -0.05) is 12.1 Å². The normalized spacial score (nSPS) is 10.1. The van der Waals surface area contributed by atoms with Crippen molar-refractivity contribution in [2.45, 2.75) is 0 Å². The predicted octanol–water partition coefficient (Wildman–Crippen LogP) is 0.312. The van der Waals surface area contributed by atoms with Crippen molar-refractivity contribution in [3.05, 3.63) is 51.2 Å². The second-order valence-corrected chi connectivity index (χ2v) is 3.13. The van der Waals surface area contributed by atoms with E-state index in [1.807, 2.05) is 0 Å². The maximum absolute atomic E-state index is 11.1. The van der Waals surface area contributed by atoms with Gasteiger partial charge < -0.3 is 10.7 Å². The number of aromatic amines is 2. The second-order valence-electron chi connectivity index (χ2n) is 3.13. The third-order valence-electron chi connectivity index (χ3n) is 1.96. The highest BCUT2D eigenvalue weighted by molar-refractivity contribution is 5.63. The maximum atomic E-state index is 11.1. The molecule has 76 valence electrons. The second kappa shape index (κ2) is 3.45. The minimum absolute atomic E-state index is 0.434. The van der Waals surface area contributed by atoms with Crippen LogP contribution in [0.2, 0.25) is 0 Å². The van der Waals surface area contributed by atoms with E-state index in [0.29, 0.717) is 16.9 Å². The number of hydrogen-bond acceptors (Lipinski definition) is 3. The quantitative estimate of drug-likeness (QED) is 0.582. The average Bonchev–Trinajstić information content (AvgIpc) is 2.16. The van der Waals surface area contributed by atoms with Gasteiger partial charge in [-0.15, -0.1) is 0 Å². The molecule has 0 radical (unpaired) electrons. The molecule has 15 heavy (non-hydrogen) atoms. The van der Waals surface area contributed by atoms with Crippen LogP contribution in [0.5, 0.6) is 0 Å². The van der Waals surface area contributed by atoms with E-state index in [2.05, 4.69) is 9.97 Å². The van der Waals surface area contributed by atoms with Crippen molar-refractivity contribution in [3.8, 4) is 11.3 Å². The first-order chi connectivity index (χ1) is 7.15. The van der Waals surface area contributed by atoms with Crippen LogP contribution in [0.1, 0.15) is 0 Å². The van der Waals surface area contributed by atoms with E-state index in [0.717, 1.165) is 0 Å². The van der Waals surface area contributed by atoms with Crippen LogP contribution in [0.4, 0.5) is 5.69 Å². The standard InChI is InChI=1S/C10H9N3O2/c11-7-3-1-2-6(4-7)8-5-9(14)13-10(15)12-8/h1-5H,11H2,(H2,12,13,14,15). The van der Waals surface area contributed by atoms with Crippen molar-refractivity contribution in [2.24, 2.45) is 0 Å². The highest BCUT2D eigenvalue weighted by atomic mass is 16.2. The van der Waals surface area contributed by atoms with Gasteiger partial charge in [0.25, 0.3) is 5.56 Å². The minimum Gasteiger partial charge on any atom is -0.399 e. The third kappa shape index (κ3) is 1.96. The van der Waals surface area contributed by atoms with Crippen molar-refractivity contribution < 1.29 is 0 Å². The fourth-order valence-electron chi connectivity index (χ4n) is 1.33. The van der Waals surface area contributed by atoms with E-state index in [9.17, 15) is 9.59 Å². The molecule has 5 nitrogen and oxygen atoms in total. The van der Waals surface area contributed by atoms with Crippen molar-refractivity contribution in [3.63, 3.8) is 0 Å². The number of nitrogens with two attached hydrogens (primary N) is 1. The van der Waals surface area contributed by atoms with Crippen LogP contribution in [0.3, 0.4) is 0 Å². The summed E-state index contributed by atoms with van der Waals surface area (Å²) in [6.07, 6.45) is 0. The predicted molar refractivity (Wildman–Crippen MR) is 57.5 cm³/mol. The first-order valence-electron chi connectivity index (χ1n) is 4.35. The van der Waals surface area contributed by atoms with E-state index < -0.39 is 11.2 Å². The number of anilines is 1. The summed E-state index contributed by atoms with van der Waals surface area (Å²) >= 11 is 0. The number of benzene rings is 1. The molecule has 5 heteroatoms. The van der Waals surface area contributed by atoms with Crippen LogP contribution in [0, 0.1) is 0 Å². The van der Waals surface area contributed by atoms with Gasteiger partial charge in [0, 0.05) is 17.3 Å². The zero-order valence-corrected chi connectivity index (χ0v) is 7.78. The lowest BCUT2D eigenvalue weighted by Gasteiger charge is -2.01. The molecule has 0 aliphatic carbocycles. The number of rotatable bonds is 1. The van der Waals surface area contributed by atoms with Gasteiger partial charge in [0.15, 0.2) is 0 Å².